The lowest BCUT2D eigenvalue weighted by atomic mass is 10.2. The van der Waals surface area contributed by atoms with Gasteiger partial charge in [0.1, 0.15) is 11.5 Å². The van der Waals surface area contributed by atoms with Gasteiger partial charge >= 0.3 is 0 Å². The van der Waals surface area contributed by atoms with Crippen LogP contribution in [0.4, 0.5) is 0 Å². The van der Waals surface area contributed by atoms with Crippen LogP contribution >= 0.6 is 25.3 Å². The molecule has 8 heteroatoms. The number of ether oxygens (including phenoxy) is 5. The summed E-state index contributed by atoms with van der Waals surface area (Å²) in [5.41, 5.74) is 1.03. The monoisotopic (exact) mass is 504 g/mol. The molecule has 0 bridgehead atoms. The molecule has 0 amide bonds. The van der Waals surface area contributed by atoms with Crippen LogP contribution in [-0.2, 0) is 20.8 Å². The zero-order valence-corrected chi connectivity index (χ0v) is 21.8. The minimum Gasteiger partial charge on any atom is -0.493 e. The lowest BCUT2D eigenvalue weighted by Crippen LogP contribution is -2.10. The first kappa shape index (κ1) is 30.4. The fourth-order valence-electron chi connectivity index (χ4n) is 3.09. The Morgan fingerprint density at radius 1 is 0.545 bits per heavy atom. The normalized spacial score (nSPS) is 11.1. The predicted octanol–water partition coefficient (Wildman–Crippen LogP) is 4.97. The fourth-order valence-corrected chi connectivity index (χ4v) is 3.54. The second kappa shape index (κ2) is 23.1. The Morgan fingerprint density at radius 3 is 1.55 bits per heavy atom. The van der Waals surface area contributed by atoms with Crippen molar-refractivity contribution in [3.05, 3.63) is 23.8 Å². The van der Waals surface area contributed by atoms with Crippen LogP contribution in [0.2, 0.25) is 0 Å². The summed E-state index contributed by atoms with van der Waals surface area (Å²) in [6, 6.07) is 6.02. The van der Waals surface area contributed by atoms with Gasteiger partial charge in [-0.1, -0.05) is 25.7 Å². The smallest absolute Gasteiger partial charge is 0.123 e. The van der Waals surface area contributed by atoms with E-state index in [2.05, 4.69) is 25.3 Å². The van der Waals surface area contributed by atoms with Gasteiger partial charge in [0.25, 0.3) is 0 Å². The molecular weight excluding hydrogens is 460 g/mol. The second-order valence-electron chi connectivity index (χ2n) is 7.79. The van der Waals surface area contributed by atoms with Gasteiger partial charge in [-0.25, -0.2) is 0 Å². The van der Waals surface area contributed by atoms with Crippen LogP contribution in [0.3, 0.4) is 0 Å². The van der Waals surface area contributed by atoms with E-state index >= 15 is 0 Å². The Morgan fingerprint density at radius 2 is 1.03 bits per heavy atom. The van der Waals surface area contributed by atoms with Gasteiger partial charge in [0.2, 0.25) is 0 Å². The Balaban J connectivity index is 2.41. The first-order valence-corrected chi connectivity index (χ1v) is 13.5. The van der Waals surface area contributed by atoms with Crippen molar-refractivity contribution in [3.63, 3.8) is 0 Å². The molecular formula is C25H44O6S2. The molecule has 0 aromatic heterocycles. The van der Waals surface area contributed by atoms with E-state index in [-0.39, 0.29) is 6.61 Å². The minimum absolute atomic E-state index is 0.0315. The predicted molar refractivity (Wildman–Crippen MR) is 140 cm³/mol. The van der Waals surface area contributed by atoms with Crippen molar-refractivity contribution >= 4 is 25.3 Å². The molecule has 0 radical (unpaired) electrons. The molecule has 0 atom stereocenters. The second-order valence-corrected chi connectivity index (χ2v) is 8.68. The van der Waals surface area contributed by atoms with Crippen molar-refractivity contribution in [2.24, 2.45) is 0 Å². The molecule has 0 aliphatic carbocycles. The van der Waals surface area contributed by atoms with E-state index in [4.69, 9.17) is 28.8 Å². The third-order valence-electron chi connectivity index (χ3n) is 4.83. The number of unbranched alkanes of at least 4 members (excludes halogenated alkanes) is 6. The lowest BCUT2D eigenvalue weighted by molar-refractivity contribution is 0.00446. The van der Waals surface area contributed by atoms with Gasteiger partial charge < -0.3 is 28.8 Å². The molecule has 1 aromatic carbocycles. The highest BCUT2D eigenvalue weighted by Crippen LogP contribution is 2.24. The van der Waals surface area contributed by atoms with Gasteiger partial charge in [0.15, 0.2) is 0 Å². The molecule has 1 rings (SSSR count). The highest BCUT2D eigenvalue weighted by molar-refractivity contribution is 7.80. The topological polar surface area (TPSA) is 66.4 Å². The fraction of sp³-hybridized carbons (Fsp3) is 0.760. The third kappa shape index (κ3) is 18.4. The van der Waals surface area contributed by atoms with E-state index in [0.29, 0.717) is 52.9 Å². The van der Waals surface area contributed by atoms with Gasteiger partial charge in [0.05, 0.1) is 59.5 Å². The maximum absolute atomic E-state index is 8.66. The molecule has 0 saturated carbocycles. The van der Waals surface area contributed by atoms with Crippen molar-refractivity contribution in [3.8, 4) is 11.5 Å². The lowest BCUT2D eigenvalue weighted by Gasteiger charge is -2.13. The highest BCUT2D eigenvalue weighted by atomic mass is 32.1. The molecule has 6 nitrogen and oxygen atoms in total. The number of aliphatic hydroxyl groups excluding tert-OH is 1. The van der Waals surface area contributed by atoms with Crippen molar-refractivity contribution in [2.45, 2.75) is 58.0 Å². The van der Waals surface area contributed by atoms with Gasteiger partial charge in [0, 0.05) is 6.07 Å². The molecule has 0 saturated heterocycles. The quantitative estimate of drug-likeness (QED) is 0.137. The summed E-state index contributed by atoms with van der Waals surface area (Å²) in [5, 5.41) is 8.66. The maximum Gasteiger partial charge on any atom is 0.123 e. The van der Waals surface area contributed by atoms with Gasteiger partial charge in [-0.2, -0.15) is 25.3 Å². The molecule has 0 heterocycles. The van der Waals surface area contributed by atoms with Crippen LogP contribution in [0.1, 0.15) is 56.9 Å². The van der Waals surface area contributed by atoms with E-state index in [1.807, 2.05) is 18.2 Å². The molecule has 1 N–H and O–H groups in total. The Hall–Kier alpha value is -0.640. The minimum atomic E-state index is 0.0315. The summed E-state index contributed by atoms with van der Waals surface area (Å²) in [7, 11) is 0. The SMILES string of the molecule is OCCOCCOCCOCc1cc(OCCCCCCS)cc(OCCCCCCS)c1. The zero-order valence-electron chi connectivity index (χ0n) is 20.0. The molecule has 0 aliphatic rings. The van der Waals surface area contributed by atoms with E-state index < -0.39 is 0 Å². The van der Waals surface area contributed by atoms with Crippen LogP contribution in [0, 0.1) is 0 Å². The van der Waals surface area contributed by atoms with Crippen molar-refractivity contribution < 1.29 is 28.8 Å². The van der Waals surface area contributed by atoms with E-state index in [1.54, 1.807) is 0 Å². The summed E-state index contributed by atoms with van der Waals surface area (Å²) in [6.45, 7) is 4.22. The van der Waals surface area contributed by atoms with E-state index in [1.165, 1.54) is 12.8 Å². The standard InChI is InChI=1S/C25H44O6S2/c26-9-12-27-13-14-28-15-16-29-22-23-19-24(30-10-5-1-3-7-17-32)21-25(20-23)31-11-6-2-4-8-18-33/h19-21,26,32-33H,1-18,22H2. The van der Waals surface area contributed by atoms with Crippen LogP contribution in [0.5, 0.6) is 11.5 Å². The summed E-state index contributed by atoms with van der Waals surface area (Å²) in [5.74, 6) is 3.54. The molecule has 0 fully saturated rings. The maximum atomic E-state index is 8.66. The summed E-state index contributed by atoms with van der Waals surface area (Å²) in [4.78, 5) is 0. The van der Waals surface area contributed by atoms with Crippen molar-refractivity contribution in [2.75, 3.05) is 64.4 Å². The summed E-state index contributed by atoms with van der Waals surface area (Å²) in [6.07, 6.45) is 9.08. The van der Waals surface area contributed by atoms with Crippen molar-refractivity contribution in [1.29, 1.82) is 0 Å². The summed E-state index contributed by atoms with van der Waals surface area (Å²) < 4.78 is 28.4. The molecule has 1 aromatic rings. The average molecular weight is 505 g/mol. The van der Waals surface area contributed by atoms with Gasteiger partial charge in [-0.05, 0) is 54.9 Å². The van der Waals surface area contributed by atoms with Crippen LogP contribution in [0.15, 0.2) is 18.2 Å². The number of thiol groups is 2. The number of aliphatic hydroxyl groups is 1. The average Bonchev–Trinajstić information content (AvgIpc) is 2.82. The highest BCUT2D eigenvalue weighted by Gasteiger charge is 2.05. The van der Waals surface area contributed by atoms with E-state index in [0.717, 1.165) is 67.1 Å². The number of hydrogen-bond donors (Lipinski definition) is 3. The van der Waals surface area contributed by atoms with Crippen LogP contribution < -0.4 is 9.47 Å². The Bertz CT molecular complexity index is 527. The van der Waals surface area contributed by atoms with Crippen LogP contribution in [0.25, 0.3) is 0 Å². The molecule has 0 spiro atoms. The first-order chi connectivity index (χ1) is 16.3. The van der Waals surface area contributed by atoms with Crippen molar-refractivity contribution in [1.82, 2.24) is 0 Å². The Labute approximate surface area is 211 Å². The molecule has 0 unspecified atom stereocenters. The zero-order chi connectivity index (χ0) is 23.8. The third-order valence-corrected chi connectivity index (χ3v) is 5.46. The van der Waals surface area contributed by atoms with E-state index in [9.17, 15) is 0 Å². The molecule has 33 heavy (non-hydrogen) atoms. The largest absolute Gasteiger partial charge is 0.493 e. The number of benzene rings is 1. The summed E-state index contributed by atoms with van der Waals surface area (Å²) >= 11 is 8.52. The Kier molecular flexibility index (Phi) is 21.3. The first-order valence-electron chi connectivity index (χ1n) is 12.3. The van der Waals surface area contributed by atoms with Crippen LogP contribution in [-0.4, -0.2) is 69.5 Å². The number of rotatable bonds is 24. The van der Waals surface area contributed by atoms with Gasteiger partial charge in [-0.3, -0.25) is 0 Å². The molecule has 192 valence electrons. The number of hydrogen-bond acceptors (Lipinski definition) is 8. The molecule has 0 aliphatic heterocycles. The van der Waals surface area contributed by atoms with Gasteiger partial charge in [-0.15, -0.1) is 0 Å².